The number of carbonyl (C=O) groups is 2. The molecule has 2 heterocycles. The minimum absolute atomic E-state index is 0.0506. The van der Waals surface area contributed by atoms with Gasteiger partial charge >= 0.3 is 223 Å². The normalized spacial score (nSPS) is 10.8. The van der Waals surface area contributed by atoms with E-state index in [9.17, 15) is 9.59 Å². The van der Waals surface area contributed by atoms with Crippen molar-refractivity contribution in [1.29, 1.82) is 0 Å². The Balaban J connectivity index is 1.29. The number of benzene rings is 2. The second-order valence-corrected chi connectivity index (χ2v) is 14.2. The van der Waals surface area contributed by atoms with Crippen molar-refractivity contribution in [1.82, 2.24) is 10.6 Å². The third-order valence-electron chi connectivity index (χ3n) is 5.42. The predicted molar refractivity (Wildman–Crippen MR) is 142 cm³/mol. The number of hydrogen-bond acceptors (Lipinski definition) is 4. The van der Waals surface area contributed by atoms with E-state index in [-0.39, 0.29) is 38.1 Å². The summed E-state index contributed by atoms with van der Waals surface area (Å²) in [6, 6.07) is 23.2. The van der Waals surface area contributed by atoms with Gasteiger partial charge < -0.3 is 0 Å². The summed E-state index contributed by atoms with van der Waals surface area (Å²) in [7, 11) is 0. The monoisotopic (exact) mass is 616 g/mol. The molecule has 2 aromatic heterocycles. The molecule has 2 N–H and O–H groups in total. The number of carbonyl (C=O) groups excluding carboxylic acids is 2. The number of hydrogen-bond donors (Lipinski definition) is 2. The molecule has 0 fully saturated rings. The van der Waals surface area contributed by atoms with Gasteiger partial charge in [-0.1, -0.05) is 0 Å². The Bertz CT molecular complexity index is 1140. The zero-order chi connectivity index (χ0) is 25.0. The first-order valence-electron chi connectivity index (χ1n) is 11.8. The SMILES string of the molecule is O=C(NCCCc1ccco1)c1ccccc1[Se][Se]c1ccccc1C(=O)NCCCc1ccco1. The van der Waals surface area contributed by atoms with Crippen LogP contribution < -0.4 is 19.6 Å². The quantitative estimate of drug-likeness (QED) is 0.179. The zero-order valence-corrected chi connectivity index (χ0v) is 23.2. The first-order chi connectivity index (χ1) is 17.7. The summed E-state index contributed by atoms with van der Waals surface area (Å²) < 4.78 is 12.8. The zero-order valence-electron chi connectivity index (χ0n) is 19.8. The van der Waals surface area contributed by atoms with Crippen LogP contribution in [0.25, 0.3) is 0 Å². The Labute approximate surface area is 222 Å². The van der Waals surface area contributed by atoms with Crippen molar-refractivity contribution in [3.63, 3.8) is 0 Å². The van der Waals surface area contributed by atoms with E-state index in [1.54, 1.807) is 12.5 Å². The van der Waals surface area contributed by atoms with Crippen LogP contribution in [-0.2, 0) is 12.8 Å². The van der Waals surface area contributed by atoms with Gasteiger partial charge in [-0.05, 0) is 0 Å². The van der Waals surface area contributed by atoms with Gasteiger partial charge in [-0.15, -0.1) is 0 Å². The fourth-order valence-electron chi connectivity index (χ4n) is 3.57. The molecule has 0 atom stereocenters. The topological polar surface area (TPSA) is 84.5 Å². The van der Waals surface area contributed by atoms with Gasteiger partial charge in [-0.2, -0.15) is 0 Å². The Morgan fingerprint density at radius 3 is 1.47 bits per heavy atom. The van der Waals surface area contributed by atoms with Crippen LogP contribution in [0.4, 0.5) is 0 Å². The summed E-state index contributed by atoms with van der Waals surface area (Å²) in [5, 5.41) is 6.07. The van der Waals surface area contributed by atoms with Crippen LogP contribution in [0.5, 0.6) is 0 Å². The van der Waals surface area contributed by atoms with Crippen LogP contribution in [0.15, 0.2) is 94.2 Å². The molecule has 0 saturated heterocycles. The Morgan fingerprint density at radius 1 is 0.611 bits per heavy atom. The molecular formula is C28H28N2O4Se2. The molecule has 0 radical (unpaired) electrons. The summed E-state index contributed by atoms with van der Waals surface area (Å²) in [6.07, 6.45) is 6.56. The molecule has 0 saturated carbocycles. The van der Waals surface area contributed by atoms with E-state index < -0.39 is 0 Å². The van der Waals surface area contributed by atoms with Gasteiger partial charge in [-0.25, -0.2) is 0 Å². The predicted octanol–water partition coefficient (Wildman–Crippen LogP) is 2.87. The fraction of sp³-hybridized carbons (Fsp3) is 0.214. The number of amides is 2. The van der Waals surface area contributed by atoms with E-state index in [4.69, 9.17) is 8.83 Å². The standard InChI is InChI=1S/C28H28N2O4Se2/c31-27(29-17-5-9-21-11-7-19-33-21)23-13-1-3-15-25(23)35-36-26-16-4-2-14-24(26)28(32)30-18-6-10-22-12-8-20-34-22/h1-4,7-8,11-16,19-20H,5-6,9-10,17-18H2,(H,29,31)(H,30,32). The van der Waals surface area contributed by atoms with Crippen LogP contribution in [-0.4, -0.2) is 51.2 Å². The van der Waals surface area contributed by atoms with E-state index in [0.29, 0.717) is 13.1 Å². The number of nitrogens with one attached hydrogen (secondary N) is 2. The minimum atomic E-state index is -0.0506. The summed E-state index contributed by atoms with van der Waals surface area (Å²) in [4.78, 5) is 25.7. The van der Waals surface area contributed by atoms with E-state index in [2.05, 4.69) is 10.6 Å². The molecule has 36 heavy (non-hydrogen) atoms. The molecule has 0 bridgehead atoms. The Kier molecular flexibility index (Phi) is 10.1. The number of furan rings is 2. The molecule has 0 aliphatic carbocycles. The van der Waals surface area contributed by atoms with Gasteiger partial charge in [-0.3, -0.25) is 0 Å². The molecule has 0 unspecified atom stereocenters. The van der Waals surface area contributed by atoms with E-state index >= 15 is 0 Å². The average Bonchev–Trinajstić information content (AvgIpc) is 3.63. The van der Waals surface area contributed by atoms with Crippen molar-refractivity contribution in [3.05, 3.63) is 108 Å². The first kappa shape index (κ1) is 26.1. The second kappa shape index (κ2) is 13.9. The number of rotatable bonds is 13. The van der Waals surface area contributed by atoms with Gasteiger partial charge in [0.05, 0.1) is 0 Å². The van der Waals surface area contributed by atoms with Crippen LogP contribution >= 0.6 is 0 Å². The van der Waals surface area contributed by atoms with Gasteiger partial charge in [0.25, 0.3) is 0 Å². The van der Waals surface area contributed by atoms with E-state index in [1.807, 2.05) is 72.8 Å². The molecule has 0 spiro atoms. The molecular weight excluding hydrogens is 586 g/mol. The third-order valence-corrected chi connectivity index (χ3v) is 12.7. The van der Waals surface area contributed by atoms with Crippen molar-refractivity contribution in [2.75, 3.05) is 13.1 Å². The fourth-order valence-corrected chi connectivity index (χ4v) is 10.7. The van der Waals surface area contributed by atoms with E-state index in [0.717, 1.165) is 57.3 Å². The summed E-state index contributed by atoms with van der Waals surface area (Å²) in [5.41, 5.74) is 1.44. The molecule has 0 aliphatic rings. The van der Waals surface area contributed by atoms with Crippen molar-refractivity contribution in [3.8, 4) is 0 Å². The van der Waals surface area contributed by atoms with Gasteiger partial charge in [0, 0.05) is 0 Å². The molecule has 2 amide bonds. The molecule has 4 rings (SSSR count). The first-order valence-corrected chi connectivity index (χ1v) is 17.9. The van der Waals surface area contributed by atoms with E-state index in [1.165, 1.54) is 0 Å². The maximum absolute atomic E-state index is 12.9. The summed E-state index contributed by atoms with van der Waals surface area (Å²) >= 11 is 0.121. The number of aryl methyl sites for hydroxylation is 2. The summed E-state index contributed by atoms with van der Waals surface area (Å²) in [5.74, 6) is 1.75. The van der Waals surface area contributed by atoms with Crippen LogP contribution in [0.1, 0.15) is 45.1 Å². The Morgan fingerprint density at radius 2 is 1.06 bits per heavy atom. The average molecular weight is 614 g/mol. The summed E-state index contributed by atoms with van der Waals surface area (Å²) in [6.45, 7) is 1.18. The second-order valence-electron chi connectivity index (χ2n) is 8.04. The van der Waals surface area contributed by atoms with Crippen LogP contribution in [0.3, 0.4) is 0 Å². The third kappa shape index (κ3) is 7.74. The van der Waals surface area contributed by atoms with Crippen molar-refractivity contribution in [2.45, 2.75) is 25.7 Å². The van der Waals surface area contributed by atoms with Crippen molar-refractivity contribution in [2.24, 2.45) is 0 Å². The van der Waals surface area contributed by atoms with Gasteiger partial charge in [0.2, 0.25) is 0 Å². The van der Waals surface area contributed by atoms with Crippen molar-refractivity contribution >= 4 is 47.0 Å². The molecule has 2 aromatic carbocycles. The Hall–Kier alpha value is -3.02. The maximum atomic E-state index is 12.9. The van der Waals surface area contributed by atoms with Crippen LogP contribution in [0.2, 0.25) is 0 Å². The molecule has 4 aromatic rings. The van der Waals surface area contributed by atoms with Crippen molar-refractivity contribution < 1.29 is 18.4 Å². The molecule has 186 valence electrons. The molecule has 0 aliphatic heterocycles. The van der Waals surface area contributed by atoms with Gasteiger partial charge in [0.15, 0.2) is 0 Å². The molecule has 6 nitrogen and oxygen atoms in total. The molecule has 8 heteroatoms. The van der Waals surface area contributed by atoms with Gasteiger partial charge in [0.1, 0.15) is 0 Å². The van der Waals surface area contributed by atoms with Crippen LogP contribution in [0, 0.1) is 0 Å².